The Hall–Kier alpha value is -4.46. The van der Waals surface area contributed by atoms with E-state index in [0.717, 1.165) is 28.4 Å². The topological polar surface area (TPSA) is 126 Å². The summed E-state index contributed by atoms with van der Waals surface area (Å²) in [7, 11) is 2.04. The van der Waals surface area contributed by atoms with Crippen molar-refractivity contribution in [2.75, 3.05) is 44.5 Å². The number of halogens is 2. The van der Waals surface area contributed by atoms with Gasteiger partial charge in [0.25, 0.3) is 10.0 Å². The smallest absolute Gasteiger partial charge is 0.268 e. The summed E-state index contributed by atoms with van der Waals surface area (Å²) in [5, 5.41) is 6.50. The van der Waals surface area contributed by atoms with Gasteiger partial charge in [0, 0.05) is 36.0 Å². The van der Waals surface area contributed by atoms with E-state index in [1.54, 1.807) is 23.1 Å². The number of hydrogen-bond donors (Lipinski definition) is 2. The van der Waals surface area contributed by atoms with Crippen LogP contribution < -0.4 is 24.4 Å². The van der Waals surface area contributed by atoms with Gasteiger partial charge in [0.1, 0.15) is 34.4 Å². The molecule has 0 saturated heterocycles. The molecule has 1 amide bonds. The number of sulfonamides is 1. The number of anilines is 2. The quantitative estimate of drug-likeness (QED) is 0.176. The predicted molar refractivity (Wildman–Crippen MR) is 192 cm³/mol. The molecule has 3 atom stereocenters. The molecule has 1 fully saturated rings. The predicted octanol–water partition coefficient (Wildman–Crippen LogP) is 5.78. The van der Waals surface area contributed by atoms with E-state index in [4.69, 9.17) is 21.1 Å². The number of aryl methyl sites for hydroxylation is 1. The first kappa shape index (κ1) is 36.8. The van der Waals surface area contributed by atoms with Gasteiger partial charge >= 0.3 is 0 Å². The summed E-state index contributed by atoms with van der Waals surface area (Å²) < 4.78 is 56.2. The molecule has 11 nitrogen and oxygen atoms in total. The Labute approximate surface area is 297 Å². The molecular formula is C36H42ClFN6O5S. The largest absolute Gasteiger partial charge is 0.497 e. The second-order valence-electron chi connectivity index (χ2n) is 12.6. The van der Waals surface area contributed by atoms with Crippen molar-refractivity contribution in [3.8, 4) is 11.5 Å². The number of methoxy groups -OCH3 is 2. The number of benzene rings is 3. The second-order valence-corrected chi connectivity index (χ2v) is 14.8. The van der Waals surface area contributed by atoms with E-state index in [1.807, 2.05) is 20.2 Å². The number of amides is 1. The molecule has 266 valence electrons. The van der Waals surface area contributed by atoms with Crippen molar-refractivity contribution in [2.24, 2.45) is 0 Å². The van der Waals surface area contributed by atoms with Gasteiger partial charge in [-0.2, -0.15) is 0 Å². The lowest BCUT2D eigenvalue weighted by atomic mass is 9.78. The molecule has 0 bridgehead atoms. The molecule has 0 aliphatic heterocycles. The van der Waals surface area contributed by atoms with Crippen LogP contribution in [0.3, 0.4) is 0 Å². The van der Waals surface area contributed by atoms with Gasteiger partial charge in [-0.1, -0.05) is 41.4 Å². The first-order valence-electron chi connectivity index (χ1n) is 16.2. The van der Waals surface area contributed by atoms with Gasteiger partial charge in [0.15, 0.2) is 0 Å². The van der Waals surface area contributed by atoms with E-state index < -0.39 is 20.7 Å². The highest BCUT2D eigenvalue weighted by Crippen LogP contribution is 2.38. The van der Waals surface area contributed by atoms with Crippen molar-refractivity contribution in [2.45, 2.75) is 55.6 Å². The number of nitrogens with one attached hydrogen (secondary N) is 2. The summed E-state index contributed by atoms with van der Waals surface area (Å²) in [5.41, 5.74) is 3.08. The van der Waals surface area contributed by atoms with Crippen LogP contribution in [0.4, 0.5) is 15.9 Å². The lowest BCUT2D eigenvalue weighted by Crippen LogP contribution is -2.51. The van der Waals surface area contributed by atoms with Gasteiger partial charge < -0.3 is 25.0 Å². The molecular weight excluding hydrogens is 683 g/mol. The molecule has 2 N–H and O–H groups in total. The monoisotopic (exact) mass is 724 g/mol. The summed E-state index contributed by atoms with van der Waals surface area (Å²) in [6.07, 6.45) is 4.76. The minimum Gasteiger partial charge on any atom is -0.497 e. The van der Waals surface area contributed by atoms with Gasteiger partial charge in [-0.05, 0) is 76.0 Å². The number of carbonyl (C=O) groups is 1. The standard InChI is InChI=1S/C36H42ClFN6O5S/c1-23-7-6-8-24(15-23)25-10-12-30(32(16-25)42-36(45)21-43(2)3)41-31-19-29(38)34(18-28(31)37)50(46,47)44(35-13-14-39-22-40-35)20-26-9-11-27(48-4)17-33(26)49-5/h6-9,11,13-15,17-19,22,25,30,32,41H,10,12,16,20-21H2,1-5H3,(H,42,45)/t25-,30?,32-/m0/s1. The molecule has 14 heteroatoms. The van der Waals surface area contributed by atoms with E-state index in [1.165, 1.54) is 38.4 Å². The second kappa shape index (κ2) is 16.0. The highest BCUT2D eigenvalue weighted by Gasteiger charge is 2.35. The summed E-state index contributed by atoms with van der Waals surface area (Å²) in [4.78, 5) is 22.1. The Morgan fingerprint density at radius 1 is 1.04 bits per heavy atom. The van der Waals surface area contributed by atoms with E-state index in [9.17, 15) is 13.2 Å². The Morgan fingerprint density at radius 3 is 2.52 bits per heavy atom. The normalized spacial score (nSPS) is 17.6. The van der Waals surface area contributed by atoms with Crippen LogP contribution in [-0.4, -0.2) is 76.1 Å². The summed E-state index contributed by atoms with van der Waals surface area (Å²) >= 11 is 6.72. The Kier molecular flexibility index (Phi) is 11.8. The lowest BCUT2D eigenvalue weighted by Gasteiger charge is -2.38. The summed E-state index contributed by atoms with van der Waals surface area (Å²) in [6, 6.07) is 16.3. The minimum absolute atomic E-state index is 0.00816. The molecule has 0 radical (unpaired) electrons. The number of nitrogens with zero attached hydrogens (tertiary/aromatic N) is 4. The number of likely N-dealkylation sites (N-methyl/N-ethyl adjacent to an activating group) is 1. The van der Waals surface area contributed by atoms with Crippen LogP contribution in [0.15, 0.2) is 78.1 Å². The number of rotatable bonds is 13. The fraction of sp³-hybridized carbons (Fsp3) is 0.361. The van der Waals surface area contributed by atoms with Gasteiger partial charge in [-0.15, -0.1) is 0 Å². The maximum Gasteiger partial charge on any atom is 0.268 e. The Balaban J connectivity index is 1.44. The van der Waals surface area contributed by atoms with Crippen LogP contribution in [0, 0.1) is 12.7 Å². The number of hydrogen-bond acceptors (Lipinski definition) is 9. The van der Waals surface area contributed by atoms with Crippen LogP contribution in [0.5, 0.6) is 11.5 Å². The number of carbonyl (C=O) groups excluding carboxylic acids is 1. The van der Waals surface area contributed by atoms with Crippen LogP contribution in [0.2, 0.25) is 5.02 Å². The van der Waals surface area contributed by atoms with E-state index in [2.05, 4.69) is 45.7 Å². The highest BCUT2D eigenvalue weighted by atomic mass is 35.5. The SMILES string of the molecule is COc1ccc(CN(c2ccncn2)S(=O)(=O)c2cc(Cl)c(NC3CC[C@H](c4cccc(C)c4)C[C@@H]3NC(=O)CN(C)C)cc2F)c(OC)c1. The zero-order valence-corrected chi connectivity index (χ0v) is 30.3. The average molecular weight is 725 g/mol. The Bertz CT molecular complexity index is 1920. The molecule has 1 unspecified atom stereocenters. The molecule has 1 aliphatic carbocycles. The van der Waals surface area contributed by atoms with Crippen LogP contribution in [0.25, 0.3) is 0 Å². The highest BCUT2D eigenvalue weighted by molar-refractivity contribution is 7.92. The zero-order chi connectivity index (χ0) is 36.0. The van der Waals surface area contributed by atoms with Crippen LogP contribution >= 0.6 is 11.6 Å². The number of ether oxygens (including phenoxy) is 2. The lowest BCUT2D eigenvalue weighted by molar-refractivity contribution is -0.122. The average Bonchev–Trinajstić information content (AvgIpc) is 3.09. The fourth-order valence-electron chi connectivity index (χ4n) is 6.28. The first-order chi connectivity index (χ1) is 23.9. The third-order valence-corrected chi connectivity index (χ3v) is 10.8. The van der Waals surface area contributed by atoms with E-state index >= 15 is 4.39 Å². The first-order valence-corrected chi connectivity index (χ1v) is 18.0. The molecule has 1 saturated carbocycles. The third kappa shape index (κ3) is 8.63. The molecule has 1 heterocycles. The van der Waals surface area contributed by atoms with E-state index in [-0.39, 0.29) is 53.5 Å². The van der Waals surface area contributed by atoms with Gasteiger partial charge in [0.2, 0.25) is 5.91 Å². The maximum absolute atomic E-state index is 16.1. The summed E-state index contributed by atoms with van der Waals surface area (Å²) in [5.74, 6) is 0.00633. The van der Waals surface area contributed by atoms with Gasteiger partial charge in [-0.25, -0.2) is 27.1 Å². The molecule has 5 rings (SSSR count). The van der Waals surface area contributed by atoms with Crippen molar-refractivity contribution >= 4 is 39.0 Å². The maximum atomic E-state index is 16.1. The van der Waals surface area contributed by atoms with Crippen LogP contribution in [0.1, 0.15) is 41.9 Å². The molecule has 1 aliphatic rings. The van der Waals surface area contributed by atoms with Gasteiger partial charge in [-0.3, -0.25) is 4.79 Å². The van der Waals surface area contributed by atoms with Gasteiger partial charge in [0.05, 0.1) is 38.0 Å². The minimum atomic E-state index is -4.57. The molecule has 50 heavy (non-hydrogen) atoms. The molecule has 4 aromatic rings. The molecule has 3 aromatic carbocycles. The van der Waals surface area contributed by atoms with Crippen molar-refractivity contribution < 1.29 is 27.1 Å². The molecule has 0 spiro atoms. The van der Waals surface area contributed by atoms with Crippen molar-refractivity contribution in [1.82, 2.24) is 20.2 Å². The van der Waals surface area contributed by atoms with E-state index in [0.29, 0.717) is 29.9 Å². The summed E-state index contributed by atoms with van der Waals surface area (Å²) in [6.45, 7) is 2.03. The molecule has 1 aromatic heterocycles. The number of aromatic nitrogens is 2. The third-order valence-electron chi connectivity index (χ3n) is 8.73. The van der Waals surface area contributed by atoms with Crippen molar-refractivity contribution in [3.05, 3.63) is 101 Å². The Morgan fingerprint density at radius 2 is 1.84 bits per heavy atom. The van der Waals surface area contributed by atoms with Crippen molar-refractivity contribution in [3.63, 3.8) is 0 Å². The van der Waals surface area contributed by atoms with Crippen LogP contribution in [-0.2, 0) is 21.4 Å². The fourth-order valence-corrected chi connectivity index (χ4v) is 8.04. The van der Waals surface area contributed by atoms with Crippen molar-refractivity contribution in [1.29, 1.82) is 0 Å². The zero-order valence-electron chi connectivity index (χ0n) is 28.7.